The molecule has 0 spiro atoms. The maximum Gasteiger partial charge on any atom is 0.433 e. The standard InChI is InChI=1S/C9H12F3NO4/c1-3-6(14)13-5(7(15)16-2)4-17-8(13)9(10,11)12/h5,8H,3-4H2,1-2H3/t5-,8-/m0/s1. The number of methoxy groups -OCH3 is 1. The number of amides is 1. The molecule has 1 saturated heterocycles. The number of esters is 1. The van der Waals surface area contributed by atoms with Gasteiger partial charge in [0.2, 0.25) is 12.1 Å². The average molecular weight is 255 g/mol. The van der Waals surface area contributed by atoms with Crippen molar-refractivity contribution < 1.29 is 32.2 Å². The highest BCUT2D eigenvalue weighted by Crippen LogP contribution is 2.32. The molecule has 0 bridgehead atoms. The highest BCUT2D eigenvalue weighted by atomic mass is 19.4. The van der Waals surface area contributed by atoms with Crippen LogP contribution in [0.15, 0.2) is 0 Å². The minimum atomic E-state index is -4.73. The van der Waals surface area contributed by atoms with E-state index in [2.05, 4.69) is 9.47 Å². The van der Waals surface area contributed by atoms with Crippen LogP contribution in [0.3, 0.4) is 0 Å². The zero-order valence-electron chi connectivity index (χ0n) is 9.28. The van der Waals surface area contributed by atoms with Gasteiger partial charge in [-0.05, 0) is 0 Å². The highest BCUT2D eigenvalue weighted by molar-refractivity contribution is 5.85. The van der Waals surface area contributed by atoms with E-state index in [4.69, 9.17) is 0 Å². The average Bonchev–Trinajstić information content (AvgIpc) is 2.70. The van der Waals surface area contributed by atoms with Crippen LogP contribution in [0.4, 0.5) is 13.2 Å². The molecule has 8 heteroatoms. The number of hydrogen-bond acceptors (Lipinski definition) is 4. The third kappa shape index (κ3) is 2.68. The van der Waals surface area contributed by atoms with Gasteiger partial charge in [-0.2, -0.15) is 13.2 Å². The van der Waals surface area contributed by atoms with Crippen molar-refractivity contribution in [2.24, 2.45) is 0 Å². The van der Waals surface area contributed by atoms with Crippen LogP contribution in [0, 0.1) is 0 Å². The predicted molar refractivity (Wildman–Crippen MR) is 48.7 cm³/mol. The predicted octanol–water partition coefficient (Wildman–Crippen LogP) is 0.685. The molecule has 0 radical (unpaired) electrons. The van der Waals surface area contributed by atoms with Crippen molar-refractivity contribution >= 4 is 11.9 Å². The maximum absolute atomic E-state index is 12.6. The normalized spacial score (nSPS) is 24.9. The third-order valence-electron chi connectivity index (χ3n) is 2.34. The molecule has 0 unspecified atom stereocenters. The summed E-state index contributed by atoms with van der Waals surface area (Å²) in [6.45, 7) is 0.894. The van der Waals surface area contributed by atoms with Crippen molar-refractivity contribution in [3.05, 3.63) is 0 Å². The molecule has 1 aliphatic rings. The quantitative estimate of drug-likeness (QED) is 0.681. The summed E-state index contributed by atoms with van der Waals surface area (Å²) >= 11 is 0. The molecule has 0 N–H and O–H groups in total. The van der Waals surface area contributed by atoms with Crippen LogP contribution in [0.5, 0.6) is 0 Å². The molecule has 1 amide bonds. The second-order valence-corrected chi connectivity index (χ2v) is 3.42. The molecule has 0 aromatic carbocycles. The van der Waals surface area contributed by atoms with E-state index < -0.39 is 36.9 Å². The molecular weight excluding hydrogens is 243 g/mol. The van der Waals surface area contributed by atoms with Gasteiger partial charge in [-0.15, -0.1) is 0 Å². The molecule has 0 aromatic rings. The van der Waals surface area contributed by atoms with Crippen LogP contribution in [0.2, 0.25) is 0 Å². The van der Waals surface area contributed by atoms with Crippen molar-refractivity contribution in [2.75, 3.05) is 13.7 Å². The minimum absolute atomic E-state index is 0.149. The van der Waals surface area contributed by atoms with Gasteiger partial charge in [-0.3, -0.25) is 9.69 Å². The van der Waals surface area contributed by atoms with Crippen LogP contribution < -0.4 is 0 Å². The van der Waals surface area contributed by atoms with Gasteiger partial charge in [0, 0.05) is 6.42 Å². The lowest BCUT2D eigenvalue weighted by atomic mass is 10.2. The molecule has 1 heterocycles. The van der Waals surface area contributed by atoms with Crippen LogP contribution in [0.1, 0.15) is 13.3 Å². The summed E-state index contributed by atoms with van der Waals surface area (Å²) < 4.78 is 46.5. The molecule has 1 fully saturated rings. The van der Waals surface area contributed by atoms with Crippen LogP contribution in [-0.4, -0.2) is 48.9 Å². The Labute approximate surface area is 95.5 Å². The van der Waals surface area contributed by atoms with Crippen LogP contribution in [0.25, 0.3) is 0 Å². The third-order valence-corrected chi connectivity index (χ3v) is 2.34. The summed E-state index contributed by atoms with van der Waals surface area (Å²) in [6.07, 6.45) is -7.25. The van der Waals surface area contributed by atoms with E-state index in [1.165, 1.54) is 6.92 Å². The fourth-order valence-corrected chi connectivity index (χ4v) is 1.56. The minimum Gasteiger partial charge on any atom is -0.467 e. The number of ether oxygens (including phenoxy) is 2. The Balaban J connectivity index is 2.97. The van der Waals surface area contributed by atoms with E-state index in [0.717, 1.165) is 7.11 Å². The second-order valence-electron chi connectivity index (χ2n) is 3.42. The van der Waals surface area contributed by atoms with Gasteiger partial charge in [0.05, 0.1) is 13.7 Å². The van der Waals surface area contributed by atoms with Gasteiger partial charge in [0.25, 0.3) is 0 Å². The number of halogens is 3. The van der Waals surface area contributed by atoms with E-state index in [1.807, 2.05) is 0 Å². The van der Waals surface area contributed by atoms with Gasteiger partial charge in [0.1, 0.15) is 0 Å². The first-order valence-corrected chi connectivity index (χ1v) is 4.90. The Morgan fingerprint density at radius 2 is 2.06 bits per heavy atom. The first-order valence-electron chi connectivity index (χ1n) is 4.90. The molecule has 17 heavy (non-hydrogen) atoms. The summed E-state index contributed by atoms with van der Waals surface area (Å²) in [5.41, 5.74) is 0. The molecule has 5 nitrogen and oxygen atoms in total. The highest BCUT2D eigenvalue weighted by Gasteiger charge is 2.54. The molecule has 2 atom stereocenters. The Morgan fingerprint density at radius 1 is 1.47 bits per heavy atom. The molecule has 1 aliphatic heterocycles. The monoisotopic (exact) mass is 255 g/mol. The fourth-order valence-electron chi connectivity index (χ4n) is 1.56. The van der Waals surface area contributed by atoms with Crippen molar-refractivity contribution in [3.63, 3.8) is 0 Å². The van der Waals surface area contributed by atoms with Gasteiger partial charge in [-0.25, -0.2) is 4.79 Å². The van der Waals surface area contributed by atoms with Gasteiger partial charge < -0.3 is 9.47 Å². The maximum atomic E-state index is 12.6. The van der Waals surface area contributed by atoms with Crippen molar-refractivity contribution in [2.45, 2.75) is 31.8 Å². The van der Waals surface area contributed by atoms with Crippen molar-refractivity contribution in [3.8, 4) is 0 Å². The molecule has 98 valence electrons. The van der Waals surface area contributed by atoms with E-state index in [9.17, 15) is 22.8 Å². The van der Waals surface area contributed by atoms with E-state index in [-0.39, 0.29) is 6.42 Å². The Hall–Kier alpha value is -1.31. The number of rotatable bonds is 2. The summed E-state index contributed by atoms with van der Waals surface area (Å²) in [4.78, 5) is 23.1. The molecule has 0 saturated carbocycles. The zero-order chi connectivity index (χ0) is 13.2. The van der Waals surface area contributed by atoms with E-state index in [1.54, 1.807) is 0 Å². The van der Waals surface area contributed by atoms with E-state index >= 15 is 0 Å². The number of carbonyl (C=O) groups excluding carboxylic acids is 2. The van der Waals surface area contributed by atoms with E-state index in [0.29, 0.717) is 4.90 Å². The Bertz CT molecular complexity index is 318. The molecule has 1 rings (SSSR count). The van der Waals surface area contributed by atoms with Crippen molar-refractivity contribution in [1.29, 1.82) is 0 Å². The lowest BCUT2D eigenvalue weighted by Gasteiger charge is -2.27. The van der Waals surface area contributed by atoms with Crippen LogP contribution in [-0.2, 0) is 19.1 Å². The van der Waals surface area contributed by atoms with Gasteiger partial charge in [0.15, 0.2) is 6.04 Å². The summed E-state index contributed by atoms with van der Waals surface area (Å²) in [7, 11) is 1.04. The van der Waals surface area contributed by atoms with Crippen molar-refractivity contribution in [1.82, 2.24) is 4.90 Å². The Morgan fingerprint density at radius 3 is 2.47 bits per heavy atom. The molecular formula is C9H12F3NO4. The molecule has 0 aromatic heterocycles. The zero-order valence-corrected chi connectivity index (χ0v) is 9.28. The lowest BCUT2D eigenvalue weighted by Crippen LogP contribution is -2.51. The smallest absolute Gasteiger partial charge is 0.433 e. The lowest BCUT2D eigenvalue weighted by molar-refractivity contribution is -0.239. The second kappa shape index (κ2) is 4.91. The first-order chi connectivity index (χ1) is 7.82. The molecule has 0 aliphatic carbocycles. The SMILES string of the molecule is CCC(=O)N1[C@H](C(F)(F)F)OC[C@H]1C(=O)OC. The first kappa shape index (κ1) is 13.8. The summed E-state index contributed by atoms with van der Waals surface area (Å²) in [6, 6.07) is -1.33. The Kier molecular flexibility index (Phi) is 3.97. The largest absolute Gasteiger partial charge is 0.467 e. The number of alkyl halides is 3. The van der Waals surface area contributed by atoms with Crippen LogP contribution >= 0.6 is 0 Å². The summed E-state index contributed by atoms with van der Waals surface area (Å²) in [5, 5.41) is 0. The summed E-state index contributed by atoms with van der Waals surface area (Å²) in [5.74, 6) is -1.72. The number of nitrogens with zero attached hydrogens (tertiary/aromatic N) is 1. The number of hydrogen-bond donors (Lipinski definition) is 0. The number of carbonyl (C=O) groups is 2. The van der Waals surface area contributed by atoms with Gasteiger partial charge >= 0.3 is 12.1 Å². The topological polar surface area (TPSA) is 55.8 Å². The van der Waals surface area contributed by atoms with Gasteiger partial charge in [-0.1, -0.05) is 6.92 Å². The fraction of sp³-hybridized carbons (Fsp3) is 0.778.